The zero-order chi connectivity index (χ0) is 14.8. The van der Waals surface area contributed by atoms with Gasteiger partial charge in [0, 0.05) is 29.9 Å². The number of nitrogens with one attached hydrogen (secondary N) is 1. The maximum Gasteiger partial charge on any atom is 0.0346 e. The predicted octanol–water partition coefficient (Wildman–Crippen LogP) is 4.54. The van der Waals surface area contributed by atoms with Crippen LogP contribution in [0.25, 0.3) is 10.8 Å². The normalized spacial score (nSPS) is 12.8. The van der Waals surface area contributed by atoms with Gasteiger partial charge in [0.15, 0.2) is 0 Å². The van der Waals surface area contributed by atoms with E-state index in [1.54, 1.807) is 0 Å². The highest BCUT2D eigenvalue weighted by molar-refractivity contribution is 5.81. The molecule has 2 nitrogen and oxygen atoms in total. The number of nitrogens with zero attached hydrogens (tertiary/aromatic N) is 1. The lowest BCUT2D eigenvalue weighted by Crippen LogP contribution is -2.41. The maximum atomic E-state index is 4.15. The van der Waals surface area contributed by atoms with Gasteiger partial charge in [-0.05, 0) is 48.8 Å². The topological polar surface area (TPSA) is 24.9 Å². The van der Waals surface area contributed by atoms with Crippen molar-refractivity contribution in [1.29, 1.82) is 0 Å². The number of hydrogen-bond donors (Lipinski definition) is 1. The minimum Gasteiger partial charge on any atom is -0.308 e. The molecule has 0 bridgehead atoms. The largest absolute Gasteiger partial charge is 0.308 e. The van der Waals surface area contributed by atoms with Gasteiger partial charge >= 0.3 is 0 Å². The summed E-state index contributed by atoms with van der Waals surface area (Å²) in [6.07, 6.45) is 4.91. The molecule has 2 rings (SSSR count). The van der Waals surface area contributed by atoms with Crippen LogP contribution in [0.1, 0.15) is 46.6 Å². The summed E-state index contributed by atoms with van der Waals surface area (Å²) in [5.41, 5.74) is 1.81. The number of benzene rings is 1. The van der Waals surface area contributed by atoms with Gasteiger partial charge in [-0.25, -0.2) is 0 Å². The minimum absolute atomic E-state index is 0.144. The van der Waals surface area contributed by atoms with Gasteiger partial charge in [-0.1, -0.05) is 32.9 Å². The van der Waals surface area contributed by atoms with Crippen LogP contribution in [0.3, 0.4) is 0 Å². The van der Waals surface area contributed by atoms with Crippen LogP contribution in [-0.2, 0) is 6.54 Å². The molecule has 20 heavy (non-hydrogen) atoms. The van der Waals surface area contributed by atoms with E-state index in [2.05, 4.69) is 69.2 Å². The number of fused-ring (bicyclic) bond motifs is 1. The average Bonchev–Trinajstić information content (AvgIpc) is 2.33. The van der Waals surface area contributed by atoms with Crippen LogP contribution in [0.2, 0.25) is 0 Å². The molecule has 1 aromatic carbocycles. The minimum atomic E-state index is 0.144. The Morgan fingerprint density at radius 2 is 1.75 bits per heavy atom. The Morgan fingerprint density at radius 1 is 1.00 bits per heavy atom. The van der Waals surface area contributed by atoms with E-state index < -0.39 is 0 Å². The molecule has 0 saturated heterocycles. The molecule has 0 unspecified atom stereocenters. The monoisotopic (exact) mass is 270 g/mol. The lowest BCUT2D eigenvalue weighted by molar-refractivity contribution is 0.241. The molecule has 0 fully saturated rings. The standard InChI is InChI=1S/C18H26N2/c1-17(2,3)13-18(4,5)20-11-14-6-7-16-12-19-9-8-15(16)10-14/h6-10,12,20H,11,13H2,1-5H3. The van der Waals surface area contributed by atoms with Crippen molar-refractivity contribution in [3.63, 3.8) is 0 Å². The van der Waals surface area contributed by atoms with Crippen LogP contribution in [-0.4, -0.2) is 10.5 Å². The second-order valence-electron chi connectivity index (χ2n) is 7.53. The van der Waals surface area contributed by atoms with Gasteiger partial charge in [-0.2, -0.15) is 0 Å². The molecular weight excluding hydrogens is 244 g/mol. The van der Waals surface area contributed by atoms with E-state index in [-0.39, 0.29) is 5.54 Å². The Hall–Kier alpha value is -1.41. The fraction of sp³-hybridized carbons (Fsp3) is 0.500. The predicted molar refractivity (Wildman–Crippen MR) is 86.7 cm³/mol. The van der Waals surface area contributed by atoms with Crippen molar-refractivity contribution in [2.45, 2.75) is 53.1 Å². The third-order valence-electron chi connectivity index (χ3n) is 3.45. The summed E-state index contributed by atoms with van der Waals surface area (Å²) >= 11 is 0. The lowest BCUT2D eigenvalue weighted by atomic mass is 9.82. The number of rotatable bonds is 4. The van der Waals surface area contributed by atoms with Gasteiger partial charge in [-0.15, -0.1) is 0 Å². The third kappa shape index (κ3) is 4.31. The number of aromatic nitrogens is 1. The number of hydrogen-bond acceptors (Lipinski definition) is 2. The van der Waals surface area contributed by atoms with Crippen LogP contribution in [0.5, 0.6) is 0 Å². The maximum absolute atomic E-state index is 4.15. The van der Waals surface area contributed by atoms with Gasteiger partial charge in [-0.3, -0.25) is 4.98 Å². The van der Waals surface area contributed by atoms with Crippen molar-refractivity contribution in [3.05, 3.63) is 42.2 Å². The van der Waals surface area contributed by atoms with Crippen molar-refractivity contribution >= 4 is 10.8 Å². The molecule has 1 N–H and O–H groups in total. The molecular formula is C18H26N2. The first-order chi connectivity index (χ1) is 9.25. The van der Waals surface area contributed by atoms with E-state index in [0.29, 0.717) is 5.41 Å². The van der Waals surface area contributed by atoms with E-state index in [4.69, 9.17) is 0 Å². The fourth-order valence-electron chi connectivity index (χ4n) is 2.97. The van der Waals surface area contributed by atoms with Crippen molar-refractivity contribution < 1.29 is 0 Å². The van der Waals surface area contributed by atoms with E-state index in [0.717, 1.165) is 13.0 Å². The van der Waals surface area contributed by atoms with Crippen LogP contribution in [0.4, 0.5) is 0 Å². The van der Waals surface area contributed by atoms with Gasteiger partial charge in [0.25, 0.3) is 0 Å². The first-order valence-corrected chi connectivity index (χ1v) is 7.33. The fourth-order valence-corrected chi connectivity index (χ4v) is 2.97. The van der Waals surface area contributed by atoms with Gasteiger partial charge in [0.2, 0.25) is 0 Å². The van der Waals surface area contributed by atoms with Crippen LogP contribution in [0, 0.1) is 5.41 Å². The molecule has 108 valence electrons. The molecule has 0 amide bonds. The first kappa shape index (κ1) is 15.0. The van der Waals surface area contributed by atoms with E-state index in [1.165, 1.54) is 16.3 Å². The molecule has 2 aromatic rings. The lowest BCUT2D eigenvalue weighted by Gasteiger charge is -2.33. The van der Waals surface area contributed by atoms with Crippen LogP contribution < -0.4 is 5.32 Å². The highest BCUT2D eigenvalue weighted by Gasteiger charge is 2.24. The van der Waals surface area contributed by atoms with E-state index in [1.807, 2.05) is 12.4 Å². The molecule has 0 saturated carbocycles. The van der Waals surface area contributed by atoms with E-state index in [9.17, 15) is 0 Å². The Balaban J connectivity index is 2.05. The highest BCUT2D eigenvalue weighted by atomic mass is 15.0. The van der Waals surface area contributed by atoms with Crippen LogP contribution in [0.15, 0.2) is 36.7 Å². The molecule has 0 aliphatic rings. The average molecular weight is 270 g/mol. The number of pyridine rings is 1. The van der Waals surface area contributed by atoms with Crippen molar-refractivity contribution in [2.24, 2.45) is 5.41 Å². The Bertz CT molecular complexity index is 579. The third-order valence-corrected chi connectivity index (χ3v) is 3.45. The van der Waals surface area contributed by atoms with E-state index >= 15 is 0 Å². The van der Waals surface area contributed by atoms with Gasteiger partial charge in [0.05, 0.1) is 0 Å². The summed E-state index contributed by atoms with van der Waals surface area (Å²) in [7, 11) is 0. The molecule has 0 aliphatic heterocycles. The quantitative estimate of drug-likeness (QED) is 0.882. The second-order valence-corrected chi connectivity index (χ2v) is 7.53. The van der Waals surface area contributed by atoms with Crippen molar-refractivity contribution in [1.82, 2.24) is 10.3 Å². The Labute approximate surface area is 122 Å². The van der Waals surface area contributed by atoms with Crippen molar-refractivity contribution in [3.8, 4) is 0 Å². The molecule has 1 aromatic heterocycles. The van der Waals surface area contributed by atoms with Crippen LogP contribution >= 0.6 is 0 Å². The summed E-state index contributed by atoms with van der Waals surface area (Å²) < 4.78 is 0. The zero-order valence-electron chi connectivity index (χ0n) is 13.3. The Kier molecular flexibility index (Phi) is 4.14. The SMILES string of the molecule is CC(C)(C)CC(C)(C)NCc1ccc2cnccc2c1. The Morgan fingerprint density at radius 3 is 2.45 bits per heavy atom. The molecule has 2 heteroatoms. The summed E-state index contributed by atoms with van der Waals surface area (Å²) in [5, 5.41) is 6.14. The molecule has 0 spiro atoms. The highest BCUT2D eigenvalue weighted by Crippen LogP contribution is 2.27. The summed E-state index contributed by atoms with van der Waals surface area (Å²) in [6, 6.07) is 8.65. The summed E-state index contributed by atoms with van der Waals surface area (Å²) in [4.78, 5) is 4.15. The molecule has 0 atom stereocenters. The second kappa shape index (κ2) is 5.53. The molecule has 1 heterocycles. The first-order valence-electron chi connectivity index (χ1n) is 7.33. The molecule has 0 aliphatic carbocycles. The summed E-state index contributed by atoms with van der Waals surface area (Å²) in [5.74, 6) is 0. The smallest absolute Gasteiger partial charge is 0.0346 e. The van der Waals surface area contributed by atoms with Gasteiger partial charge < -0.3 is 5.32 Å². The zero-order valence-corrected chi connectivity index (χ0v) is 13.3. The van der Waals surface area contributed by atoms with Gasteiger partial charge in [0.1, 0.15) is 0 Å². The summed E-state index contributed by atoms with van der Waals surface area (Å²) in [6.45, 7) is 12.3. The molecule has 0 radical (unpaired) electrons. The van der Waals surface area contributed by atoms with Crippen molar-refractivity contribution in [2.75, 3.05) is 0 Å².